The van der Waals surface area contributed by atoms with Crippen molar-refractivity contribution in [3.63, 3.8) is 0 Å². The minimum atomic E-state index is -0.955. The second-order valence-corrected chi connectivity index (χ2v) is 11.3. The molecule has 11 nitrogen and oxygen atoms in total. The highest BCUT2D eigenvalue weighted by Gasteiger charge is 2.52. The van der Waals surface area contributed by atoms with Gasteiger partial charge in [-0.2, -0.15) is 5.26 Å². The molecule has 0 radical (unpaired) electrons. The highest BCUT2D eigenvalue weighted by Crippen LogP contribution is 2.38. The Bertz CT molecular complexity index is 1160. The lowest BCUT2D eigenvalue weighted by molar-refractivity contribution is -0.141. The largest absolute Gasteiger partial charge is 0.444 e. The van der Waals surface area contributed by atoms with Crippen molar-refractivity contribution in [3.05, 3.63) is 35.4 Å². The van der Waals surface area contributed by atoms with Crippen LogP contribution in [0.3, 0.4) is 0 Å². The number of amides is 4. The zero-order valence-corrected chi connectivity index (χ0v) is 22.3. The van der Waals surface area contributed by atoms with E-state index in [1.807, 2.05) is 22.8 Å². The van der Waals surface area contributed by atoms with Gasteiger partial charge in [-0.25, -0.2) is 4.79 Å². The molecule has 204 valence electrons. The Morgan fingerprint density at radius 3 is 2.66 bits per heavy atom. The monoisotopic (exact) mass is 524 g/mol. The fraction of sp³-hybridized carbons (Fsp3) is 0.593. The third-order valence-electron chi connectivity index (χ3n) is 7.48. The van der Waals surface area contributed by atoms with Crippen LogP contribution in [0, 0.1) is 11.3 Å². The molecule has 0 aromatic heterocycles. The van der Waals surface area contributed by atoms with Crippen LogP contribution in [-0.2, 0) is 14.3 Å². The zero-order valence-electron chi connectivity index (χ0n) is 22.3. The second kappa shape index (κ2) is 10.6. The van der Waals surface area contributed by atoms with Gasteiger partial charge in [0.2, 0.25) is 17.7 Å². The molecule has 3 saturated heterocycles. The average molecular weight is 525 g/mol. The Kier molecular flexibility index (Phi) is 7.65. The molecule has 3 aliphatic rings. The third-order valence-corrected chi connectivity index (χ3v) is 7.48. The predicted octanol–water partition coefficient (Wildman–Crippen LogP) is 1.54. The molecule has 38 heavy (non-hydrogen) atoms. The number of hydrogen-bond donors (Lipinski definition) is 2. The molecule has 0 spiro atoms. The lowest BCUT2D eigenvalue weighted by atomic mass is 10.0. The first kappa shape index (κ1) is 27.4. The Morgan fingerprint density at radius 2 is 2.03 bits per heavy atom. The number of nitrogens with one attached hydrogen (secondary N) is 1. The third kappa shape index (κ3) is 5.60. The van der Waals surface area contributed by atoms with E-state index in [9.17, 15) is 24.4 Å². The summed E-state index contributed by atoms with van der Waals surface area (Å²) < 4.78 is 5.39. The van der Waals surface area contributed by atoms with Crippen molar-refractivity contribution in [2.75, 3.05) is 19.6 Å². The van der Waals surface area contributed by atoms with E-state index in [1.54, 1.807) is 39.0 Å². The van der Waals surface area contributed by atoms with Gasteiger partial charge in [-0.05, 0) is 64.7 Å². The van der Waals surface area contributed by atoms with E-state index >= 15 is 0 Å². The molecule has 4 amide bonds. The summed E-state index contributed by atoms with van der Waals surface area (Å²) in [7, 11) is 0. The van der Waals surface area contributed by atoms with Crippen molar-refractivity contribution in [1.82, 2.24) is 20.0 Å². The van der Waals surface area contributed by atoms with Gasteiger partial charge in [0, 0.05) is 31.2 Å². The molecular weight excluding hydrogens is 488 g/mol. The van der Waals surface area contributed by atoms with Gasteiger partial charge in [0.15, 0.2) is 0 Å². The molecule has 2 bridgehead atoms. The molecule has 0 saturated carbocycles. The van der Waals surface area contributed by atoms with Crippen LogP contribution in [0.2, 0.25) is 0 Å². The number of likely N-dealkylation sites (tertiary alicyclic amines) is 3. The first-order valence-electron chi connectivity index (χ1n) is 13.0. The second-order valence-electron chi connectivity index (χ2n) is 11.3. The van der Waals surface area contributed by atoms with Gasteiger partial charge in [0.1, 0.15) is 17.7 Å². The molecule has 3 fully saturated rings. The number of piperazine rings is 1. The summed E-state index contributed by atoms with van der Waals surface area (Å²) in [6.07, 6.45) is 1.21. The average Bonchev–Trinajstić information content (AvgIpc) is 3.56. The minimum Gasteiger partial charge on any atom is -0.444 e. The number of nitrogens with two attached hydrogens (primary N) is 1. The van der Waals surface area contributed by atoms with Crippen molar-refractivity contribution in [3.8, 4) is 6.07 Å². The zero-order chi connectivity index (χ0) is 27.8. The van der Waals surface area contributed by atoms with Crippen molar-refractivity contribution >= 4 is 23.8 Å². The normalized spacial score (nSPS) is 24.7. The number of carbonyl (C=O) groups excluding carboxylic acids is 4. The highest BCUT2D eigenvalue weighted by molar-refractivity contribution is 5.93. The van der Waals surface area contributed by atoms with Crippen molar-refractivity contribution < 1.29 is 23.9 Å². The number of hydrogen-bond acceptors (Lipinski definition) is 7. The number of benzene rings is 1. The van der Waals surface area contributed by atoms with Crippen LogP contribution >= 0.6 is 0 Å². The quantitative estimate of drug-likeness (QED) is 0.549. The lowest BCUT2D eigenvalue weighted by Gasteiger charge is -2.39. The van der Waals surface area contributed by atoms with Crippen LogP contribution in [0.25, 0.3) is 0 Å². The molecule has 3 aliphatic heterocycles. The maximum atomic E-state index is 13.5. The first-order chi connectivity index (χ1) is 17.9. The van der Waals surface area contributed by atoms with Gasteiger partial charge in [-0.3, -0.25) is 19.3 Å². The molecular formula is C27H36N6O5. The molecule has 5 atom stereocenters. The number of carbonyl (C=O) groups is 4. The molecule has 4 rings (SSSR count). The number of nitrogens with zero attached hydrogens (tertiary/aromatic N) is 4. The lowest BCUT2D eigenvalue weighted by Crippen LogP contribution is -2.59. The first-order valence-corrected chi connectivity index (χ1v) is 13.0. The summed E-state index contributed by atoms with van der Waals surface area (Å²) in [4.78, 5) is 56.5. The topological polar surface area (TPSA) is 149 Å². The summed E-state index contributed by atoms with van der Waals surface area (Å²) in [5.41, 5.74) is 5.90. The van der Waals surface area contributed by atoms with Gasteiger partial charge in [0.25, 0.3) is 0 Å². The molecule has 3 heterocycles. The molecule has 11 heteroatoms. The maximum Gasteiger partial charge on any atom is 0.408 e. The fourth-order valence-electron chi connectivity index (χ4n) is 5.75. The highest BCUT2D eigenvalue weighted by atomic mass is 16.6. The van der Waals surface area contributed by atoms with Crippen LogP contribution in [0.1, 0.15) is 68.9 Å². The smallest absolute Gasteiger partial charge is 0.408 e. The van der Waals surface area contributed by atoms with Crippen LogP contribution < -0.4 is 11.1 Å². The van der Waals surface area contributed by atoms with E-state index in [0.717, 1.165) is 12.0 Å². The molecule has 1 aromatic carbocycles. The van der Waals surface area contributed by atoms with Gasteiger partial charge in [-0.15, -0.1) is 0 Å². The number of rotatable bonds is 7. The van der Waals surface area contributed by atoms with E-state index in [-0.39, 0.29) is 30.4 Å². The fourth-order valence-corrected chi connectivity index (χ4v) is 5.75. The Morgan fingerprint density at radius 1 is 1.29 bits per heavy atom. The number of fused-ring (bicyclic) bond motifs is 2. The molecule has 3 N–H and O–H groups in total. The summed E-state index contributed by atoms with van der Waals surface area (Å²) in [6, 6.07) is 6.91. The number of alkyl carbamates (subject to hydrolysis) is 1. The maximum absolute atomic E-state index is 13.5. The van der Waals surface area contributed by atoms with Gasteiger partial charge < -0.3 is 25.6 Å². The van der Waals surface area contributed by atoms with Gasteiger partial charge in [-0.1, -0.05) is 12.1 Å². The van der Waals surface area contributed by atoms with E-state index in [0.29, 0.717) is 31.5 Å². The Labute approximate surface area is 222 Å². The minimum absolute atomic E-state index is 0.0576. The van der Waals surface area contributed by atoms with E-state index in [2.05, 4.69) is 11.4 Å². The summed E-state index contributed by atoms with van der Waals surface area (Å²) >= 11 is 0. The van der Waals surface area contributed by atoms with Crippen LogP contribution in [0.15, 0.2) is 24.3 Å². The van der Waals surface area contributed by atoms with Crippen molar-refractivity contribution in [1.29, 1.82) is 5.26 Å². The van der Waals surface area contributed by atoms with Crippen LogP contribution in [-0.4, -0.2) is 87.9 Å². The Hall–Kier alpha value is -3.65. The SMILES string of the molecule is C[C@@H](c1cccc(C(N)=O)c1)N1C(=O)[C@@H]2C[C@H]1CN2C[C@H](NC(=O)OC(C)(C)C)C(=O)N1CCC[C@H]1C#N. The van der Waals surface area contributed by atoms with Gasteiger partial charge >= 0.3 is 6.09 Å². The molecule has 0 unspecified atom stereocenters. The molecule has 0 aliphatic carbocycles. The van der Waals surface area contributed by atoms with Crippen LogP contribution in [0.5, 0.6) is 0 Å². The van der Waals surface area contributed by atoms with Crippen LogP contribution in [0.4, 0.5) is 4.79 Å². The Balaban J connectivity index is 1.49. The predicted molar refractivity (Wildman–Crippen MR) is 137 cm³/mol. The summed E-state index contributed by atoms with van der Waals surface area (Å²) in [5.74, 6) is -0.925. The summed E-state index contributed by atoms with van der Waals surface area (Å²) in [5, 5.41) is 12.2. The van der Waals surface area contributed by atoms with Crippen molar-refractivity contribution in [2.24, 2.45) is 5.73 Å². The number of nitriles is 1. The molecule has 1 aromatic rings. The standard InChI is InChI=1S/C27H36N6O5/c1-16(17-7-5-8-18(11-17)23(29)34)33-20-12-22(25(33)36)31(14-20)15-21(30-26(37)38-27(2,3)4)24(35)32-10-6-9-19(32)13-28/h5,7-8,11,16,19-22H,6,9-10,12,14-15H2,1-4H3,(H2,29,34)(H,30,37)/t16-,19-,20-,21-,22-/m0/s1. The van der Waals surface area contributed by atoms with Gasteiger partial charge in [0.05, 0.1) is 18.2 Å². The van der Waals surface area contributed by atoms with E-state index in [4.69, 9.17) is 10.5 Å². The van der Waals surface area contributed by atoms with Crippen molar-refractivity contribution in [2.45, 2.75) is 82.8 Å². The summed E-state index contributed by atoms with van der Waals surface area (Å²) in [6.45, 7) is 8.27. The van der Waals surface area contributed by atoms with E-state index < -0.39 is 35.7 Å². The van der Waals surface area contributed by atoms with E-state index in [1.165, 1.54) is 4.90 Å². The number of ether oxygens (including phenoxy) is 1. The number of primary amides is 1.